The molecular formula is C23H21N3O5. The fourth-order valence-corrected chi connectivity index (χ4v) is 4.36. The van der Waals surface area contributed by atoms with E-state index in [1.54, 1.807) is 41.3 Å². The molecule has 0 saturated carbocycles. The minimum absolute atomic E-state index is 0.0502. The quantitative estimate of drug-likeness (QED) is 0.765. The van der Waals surface area contributed by atoms with Gasteiger partial charge in [-0.3, -0.25) is 24.1 Å². The second-order valence-corrected chi connectivity index (χ2v) is 7.88. The van der Waals surface area contributed by atoms with Gasteiger partial charge in [-0.2, -0.15) is 0 Å². The highest BCUT2D eigenvalue weighted by molar-refractivity contribution is 6.22. The van der Waals surface area contributed by atoms with Crippen molar-refractivity contribution in [2.45, 2.75) is 25.4 Å². The van der Waals surface area contributed by atoms with Gasteiger partial charge in [0.2, 0.25) is 5.91 Å². The van der Waals surface area contributed by atoms with Crippen molar-refractivity contribution in [2.24, 2.45) is 0 Å². The summed E-state index contributed by atoms with van der Waals surface area (Å²) in [6.45, 7) is 0.813. The molecule has 4 amide bonds. The topological polar surface area (TPSA) is 96.0 Å². The number of carbonyl (C=O) groups excluding carboxylic acids is 4. The van der Waals surface area contributed by atoms with Crippen LogP contribution >= 0.6 is 0 Å². The van der Waals surface area contributed by atoms with E-state index in [9.17, 15) is 19.2 Å². The van der Waals surface area contributed by atoms with E-state index in [1.165, 1.54) is 0 Å². The van der Waals surface area contributed by atoms with Gasteiger partial charge in [0, 0.05) is 24.5 Å². The molecule has 1 fully saturated rings. The Kier molecular flexibility index (Phi) is 4.78. The number of hydrogen-bond acceptors (Lipinski definition) is 5. The molecule has 2 aromatic carbocycles. The zero-order valence-electron chi connectivity index (χ0n) is 16.8. The summed E-state index contributed by atoms with van der Waals surface area (Å²) in [6, 6.07) is 11.9. The van der Waals surface area contributed by atoms with Crippen LogP contribution in [0.4, 0.5) is 11.4 Å². The number of anilines is 2. The van der Waals surface area contributed by atoms with E-state index in [4.69, 9.17) is 4.74 Å². The lowest BCUT2D eigenvalue weighted by atomic mass is 10.1. The van der Waals surface area contributed by atoms with E-state index in [2.05, 4.69) is 5.32 Å². The Labute approximate surface area is 178 Å². The Bertz CT molecular complexity index is 1070. The number of hydrogen-bond donors (Lipinski definition) is 1. The molecule has 1 saturated heterocycles. The molecule has 3 heterocycles. The van der Waals surface area contributed by atoms with Crippen molar-refractivity contribution in [3.63, 3.8) is 0 Å². The third-order valence-corrected chi connectivity index (χ3v) is 5.92. The van der Waals surface area contributed by atoms with Gasteiger partial charge in [-0.05, 0) is 49.1 Å². The number of rotatable bonds is 4. The Morgan fingerprint density at radius 3 is 2.48 bits per heavy atom. The van der Waals surface area contributed by atoms with Crippen LogP contribution in [0, 0.1) is 0 Å². The first kappa shape index (κ1) is 19.4. The maximum atomic E-state index is 12.8. The molecule has 8 heteroatoms. The highest BCUT2D eigenvalue weighted by Gasteiger charge is 2.36. The number of nitrogens with one attached hydrogen (secondary N) is 1. The lowest BCUT2D eigenvalue weighted by Crippen LogP contribution is -2.38. The molecule has 8 nitrogen and oxygen atoms in total. The van der Waals surface area contributed by atoms with Gasteiger partial charge in [0.15, 0.2) is 0 Å². The number of fused-ring (bicyclic) bond motifs is 2. The molecule has 158 valence electrons. The Morgan fingerprint density at radius 1 is 1.06 bits per heavy atom. The van der Waals surface area contributed by atoms with Crippen LogP contribution in [0.2, 0.25) is 0 Å². The molecule has 0 aromatic heterocycles. The maximum Gasteiger partial charge on any atom is 0.262 e. The van der Waals surface area contributed by atoms with Crippen LogP contribution in [0.5, 0.6) is 0 Å². The Balaban J connectivity index is 1.29. The second-order valence-electron chi connectivity index (χ2n) is 7.88. The molecule has 0 radical (unpaired) electrons. The number of benzene rings is 2. The Hall–Kier alpha value is -3.52. The molecular weight excluding hydrogens is 398 g/mol. The molecule has 1 atom stereocenters. The highest BCUT2D eigenvalue weighted by atomic mass is 16.5. The van der Waals surface area contributed by atoms with E-state index in [1.807, 2.05) is 6.07 Å². The van der Waals surface area contributed by atoms with Crippen molar-refractivity contribution < 1.29 is 23.9 Å². The fourth-order valence-electron chi connectivity index (χ4n) is 4.36. The summed E-state index contributed by atoms with van der Waals surface area (Å²) in [4.78, 5) is 52.9. The number of ether oxygens (including phenoxy) is 1. The molecule has 1 unspecified atom stereocenters. The van der Waals surface area contributed by atoms with E-state index < -0.39 is 23.8 Å². The van der Waals surface area contributed by atoms with Crippen LogP contribution < -0.4 is 10.2 Å². The second kappa shape index (κ2) is 7.63. The van der Waals surface area contributed by atoms with Gasteiger partial charge in [-0.25, -0.2) is 0 Å². The van der Waals surface area contributed by atoms with Gasteiger partial charge in [-0.15, -0.1) is 0 Å². The monoisotopic (exact) mass is 419 g/mol. The minimum Gasteiger partial charge on any atom is -0.368 e. The van der Waals surface area contributed by atoms with Crippen LogP contribution in [0.1, 0.15) is 39.1 Å². The van der Waals surface area contributed by atoms with E-state index >= 15 is 0 Å². The predicted octanol–water partition coefficient (Wildman–Crippen LogP) is 1.99. The average Bonchev–Trinajstić information content (AvgIpc) is 3.50. The van der Waals surface area contributed by atoms with Crippen LogP contribution in [-0.2, 0) is 20.7 Å². The van der Waals surface area contributed by atoms with Crippen LogP contribution in [-0.4, -0.2) is 54.3 Å². The zero-order valence-corrected chi connectivity index (χ0v) is 16.8. The zero-order chi connectivity index (χ0) is 21.5. The van der Waals surface area contributed by atoms with Crippen LogP contribution in [0.25, 0.3) is 0 Å². The summed E-state index contributed by atoms with van der Waals surface area (Å²) in [6.07, 6.45) is 1.95. The molecule has 0 bridgehead atoms. The predicted molar refractivity (Wildman–Crippen MR) is 112 cm³/mol. The molecule has 0 spiro atoms. The molecule has 3 aliphatic heterocycles. The average molecular weight is 419 g/mol. The summed E-state index contributed by atoms with van der Waals surface area (Å²) in [7, 11) is 0. The standard InChI is InChI=1S/C23H21N3O5/c27-20(13-26-21(28)16-4-1-2-5-17(16)22(26)29)24-15-8-7-14-9-10-25(18(14)12-15)23(30)19-6-3-11-31-19/h1-2,4-5,7-8,12,19H,3,6,9-11,13H2,(H,24,27). The molecule has 1 N–H and O–H groups in total. The van der Waals surface area contributed by atoms with Crippen molar-refractivity contribution in [3.8, 4) is 0 Å². The first-order valence-electron chi connectivity index (χ1n) is 10.3. The Morgan fingerprint density at radius 2 is 1.81 bits per heavy atom. The summed E-state index contributed by atoms with van der Waals surface area (Å²) in [5.41, 5.74) is 2.92. The molecule has 31 heavy (non-hydrogen) atoms. The summed E-state index contributed by atoms with van der Waals surface area (Å²) in [5.74, 6) is -1.48. The van der Waals surface area contributed by atoms with Crippen molar-refractivity contribution in [2.75, 3.05) is 29.9 Å². The van der Waals surface area contributed by atoms with Gasteiger partial charge in [0.25, 0.3) is 17.7 Å². The molecule has 0 aliphatic carbocycles. The van der Waals surface area contributed by atoms with E-state index in [0.29, 0.717) is 30.0 Å². The van der Waals surface area contributed by atoms with Crippen LogP contribution in [0.3, 0.4) is 0 Å². The number of imide groups is 1. The summed E-state index contributed by atoms with van der Waals surface area (Å²) in [5, 5.41) is 2.74. The molecule has 5 rings (SSSR count). The van der Waals surface area contributed by atoms with Crippen molar-refractivity contribution in [1.82, 2.24) is 4.90 Å². The van der Waals surface area contributed by atoms with Gasteiger partial charge in [-0.1, -0.05) is 18.2 Å². The van der Waals surface area contributed by atoms with Gasteiger partial charge >= 0.3 is 0 Å². The summed E-state index contributed by atoms with van der Waals surface area (Å²) < 4.78 is 5.53. The van der Waals surface area contributed by atoms with Gasteiger partial charge in [0.1, 0.15) is 12.6 Å². The number of amides is 4. The third kappa shape index (κ3) is 3.38. The van der Waals surface area contributed by atoms with Crippen molar-refractivity contribution in [3.05, 3.63) is 59.2 Å². The van der Waals surface area contributed by atoms with Gasteiger partial charge in [0.05, 0.1) is 11.1 Å². The normalized spacial score (nSPS) is 19.5. The molecule has 2 aromatic rings. The van der Waals surface area contributed by atoms with Crippen LogP contribution in [0.15, 0.2) is 42.5 Å². The van der Waals surface area contributed by atoms with Crippen molar-refractivity contribution in [1.29, 1.82) is 0 Å². The smallest absolute Gasteiger partial charge is 0.262 e. The minimum atomic E-state index is -0.482. The maximum absolute atomic E-state index is 12.8. The lowest BCUT2D eigenvalue weighted by molar-refractivity contribution is -0.127. The van der Waals surface area contributed by atoms with E-state index in [-0.39, 0.29) is 12.5 Å². The first-order chi connectivity index (χ1) is 15.0. The van der Waals surface area contributed by atoms with Gasteiger partial charge < -0.3 is 15.0 Å². The number of nitrogens with zero attached hydrogens (tertiary/aromatic N) is 2. The summed E-state index contributed by atoms with van der Waals surface area (Å²) >= 11 is 0. The van der Waals surface area contributed by atoms with E-state index in [0.717, 1.165) is 35.4 Å². The SMILES string of the molecule is O=C(CN1C(=O)c2ccccc2C1=O)Nc1ccc2c(c1)N(C(=O)C1CCCO1)CC2. The number of carbonyl (C=O) groups is 4. The third-order valence-electron chi connectivity index (χ3n) is 5.92. The first-order valence-corrected chi connectivity index (χ1v) is 10.3. The highest BCUT2D eigenvalue weighted by Crippen LogP contribution is 2.32. The fraction of sp³-hybridized carbons (Fsp3) is 0.304. The van der Waals surface area contributed by atoms with Crippen molar-refractivity contribution >= 4 is 35.0 Å². The largest absolute Gasteiger partial charge is 0.368 e. The lowest BCUT2D eigenvalue weighted by Gasteiger charge is -2.21. The molecule has 3 aliphatic rings.